The summed E-state index contributed by atoms with van der Waals surface area (Å²) in [5.41, 5.74) is 0.117. The molecule has 0 radical (unpaired) electrons. The van der Waals surface area contributed by atoms with Gasteiger partial charge in [-0.15, -0.1) is 0 Å². The van der Waals surface area contributed by atoms with Crippen LogP contribution in [0.5, 0.6) is 0 Å². The highest BCUT2D eigenvalue weighted by Gasteiger charge is 2.02. The summed E-state index contributed by atoms with van der Waals surface area (Å²) in [6, 6.07) is 7.79. The molecule has 3 heteroatoms. The highest BCUT2D eigenvalue weighted by molar-refractivity contribution is 9.10. The molecule has 0 amide bonds. The van der Waals surface area contributed by atoms with Crippen molar-refractivity contribution in [3.05, 3.63) is 45.3 Å². The van der Waals surface area contributed by atoms with E-state index >= 15 is 0 Å². The van der Waals surface area contributed by atoms with E-state index in [1.165, 1.54) is 12.8 Å². The Kier molecular flexibility index (Phi) is 4.00. The van der Waals surface area contributed by atoms with Gasteiger partial charge in [0.2, 0.25) is 0 Å². The SMILES string of the molecule is CCCCCn1ccc2cc(Br)ccc2c1=O. The molecular weight excluding hydrogens is 278 g/mol. The summed E-state index contributed by atoms with van der Waals surface area (Å²) in [6.07, 6.45) is 5.31. The summed E-state index contributed by atoms with van der Waals surface area (Å²) in [6.45, 7) is 2.99. The third kappa shape index (κ3) is 2.78. The molecule has 1 heterocycles. The van der Waals surface area contributed by atoms with E-state index in [9.17, 15) is 4.79 Å². The molecule has 17 heavy (non-hydrogen) atoms. The van der Waals surface area contributed by atoms with Gasteiger partial charge in [0, 0.05) is 22.6 Å². The van der Waals surface area contributed by atoms with Gasteiger partial charge < -0.3 is 4.57 Å². The average Bonchev–Trinajstić information content (AvgIpc) is 2.32. The number of nitrogens with zero attached hydrogens (tertiary/aromatic N) is 1. The quantitative estimate of drug-likeness (QED) is 0.782. The second kappa shape index (κ2) is 5.50. The maximum atomic E-state index is 12.2. The third-order valence-electron chi connectivity index (χ3n) is 2.94. The molecule has 2 nitrogen and oxygen atoms in total. The molecule has 0 atom stereocenters. The van der Waals surface area contributed by atoms with E-state index in [2.05, 4.69) is 22.9 Å². The second-order valence-electron chi connectivity index (χ2n) is 4.25. The van der Waals surface area contributed by atoms with Crippen LogP contribution in [-0.4, -0.2) is 4.57 Å². The number of fused-ring (bicyclic) bond motifs is 1. The lowest BCUT2D eigenvalue weighted by atomic mass is 10.2. The van der Waals surface area contributed by atoms with Crippen LogP contribution < -0.4 is 5.56 Å². The number of unbranched alkanes of at least 4 members (excludes halogenated alkanes) is 2. The Morgan fingerprint density at radius 3 is 2.82 bits per heavy atom. The van der Waals surface area contributed by atoms with Crippen LogP contribution in [0.3, 0.4) is 0 Å². The van der Waals surface area contributed by atoms with E-state index in [4.69, 9.17) is 0 Å². The van der Waals surface area contributed by atoms with Crippen molar-refractivity contribution in [1.82, 2.24) is 4.57 Å². The van der Waals surface area contributed by atoms with E-state index in [0.29, 0.717) is 0 Å². The van der Waals surface area contributed by atoms with Crippen molar-refractivity contribution >= 4 is 26.7 Å². The molecular formula is C14H16BrNO. The van der Waals surface area contributed by atoms with Gasteiger partial charge in [0.15, 0.2) is 0 Å². The lowest BCUT2D eigenvalue weighted by Crippen LogP contribution is -2.19. The zero-order chi connectivity index (χ0) is 12.3. The first-order valence-electron chi connectivity index (χ1n) is 6.01. The number of hydrogen-bond acceptors (Lipinski definition) is 1. The first-order valence-corrected chi connectivity index (χ1v) is 6.80. The molecule has 0 aliphatic heterocycles. The lowest BCUT2D eigenvalue weighted by Gasteiger charge is -2.06. The molecule has 0 spiro atoms. The van der Waals surface area contributed by atoms with Crippen LogP contribution in [0.4, 0.5) is 0 Å². The van der Waals surface area contributed by atoms with Crippen molar-refractivity contribution in [3.63, 3.8) is 0 Å². The number of halogens is 1. The Bertz CT molecular complexity index is 574. The van der Waals surface area contributed by atoms with Crippen LogP contribution in [0.25, 0.3) is 10.8 Å². The van der Waals surface area contributed by atoms with Crippen LogP contribution in [0.2, 0.25) is 0 Å². The van der Waals surface area contributed by atoms with Crippen LogP contribution >= 0.6 is 15.9 Å². The fourth-order valence-electron chi connectivity index (χ4n) is 1.97. The first-order chi connectivity index (χ1) is 8.22. The molecule has 1 aromatic carbocycles. The zero-order valence-electron chi connectivity index (χ0n) is 9.95. The van der Waals surface area contributed by atoms with E-state index < -0.39 is 0 Å². The normalized spacial score (nSPS) is 10.9. The molecule has 0 saturated carbocycles. The fourth-order valence-corrected chi connectivity index (χ4v) is 2.35. The Hall–Kier alpha value is -1.09. The molecule has 90 valence electrons. The number of rotatable bonds is 4. The maximum Gasteiger partial charge on any atom is 0.258 e. The molecule has 2 aromatic rings. The van der Waals surface area contributed by atoms with E-state index in [1.807, 2.05) is 35.0 Å². The Morgan fingerprint density at radius 2 is 2.06 bits per heavy atom. The van der Waals surface area contributed by atoms with Crippen LogP contribution in [0.15, 0.2) is 39.7 Å². The average molecular weight is 294 g/mol. The molecule has 1 aromatic heterocycles. The molecule has 0 aliphatic carbocycles. The van der Waals surface area contributed by atoms with Crippen molar-refractivity contribution < 1.29 is 0 Å². The predicted molar refractivity (Wildman–Crippen MR) is 75.4 cm³/mol. The minimum Gasteiger partial charge on any atom is -0.315 e. The topological polar surface area (TPSA) is 22.0 Å². The van der Waals surface area contributed by atoms with Gasteiger partial charge in [-0.3, -0.25) is 4.79 Å². The van der Waals surface area contributed by atoms with Crippen molar-refractivity contribution in [3.8, 4) is 0 Å². The Labute approximate surface area is 109 Å². The molecule has 0 aliphatic rings. The summed E-state index contributed by atoms with van der Waals surface area (Å²) in [4.78, 5) is 12.2. The van der Waals surface area contributed by atoms with E-state index in [1.54, 1.807) is 0 Å². The second-order valence-corrected chi connectivity index (χ2v) is 5.17. The van der Waals surface area contributed by atoms with Gasteiger partial charge in [0.1, 0.15) is 0 Å². The van der Waals surface area contributed by atoms with Crippen molar-refractivity contribution in [2.24, 2.45) is 0 Å². The number of benzene rings is 1. The van der Waals surface area contributed by atoms with Gasteiger partial charge in [-0.05, 0) is 36.1 Å². The largest absolute Gasteiger partial charge is 0.315 e. The summed E-state index contributed by atoms with van der Waals surface area (Å²) in [5.74, 6) is 0. The van der Waals surface area contributed by atoms with E-state index in [0.717, 1.165) is 28.2 Å². The standard InChI is InChI=1S/C14H16BrNO/c1-2-3-4-8-16-9-7-11-10-12(15)5-6-13(11)14(16)17/h5-7,9-10H,2-4,8H2,1H3. The minimum atomic E-state index is 0.117. The Balaban J connectivity index is 2.37. The first kappa shape index (κ1) is 12.4. The fraction of sp³-hybridized carbons (Fsp3) is 0.357. The van der Waals surface area contributed by atoms with Gasteiger partial charge in [0.05, 0.1) is 0 Å². The summed E-state index contributed by atoms with van der Waals surface area (Å²) in [7, 11) is 0. The van der Waals surface area contributed by atoms with Crippen LogP contribution in [-0.2, 0) is 6.54 Å². The number of aromatic nitrogens is 1. The number of pyridine rings is 1. The molecule has 2 rings (SSSR count). The van der Waals surface area contributed by atoms with Crippen molar-refractivity contribution in [1.29, 1.82) is 0 Å². The lowest BCUT2D eigenvalue weighted by molar-refractivity contribution is 0.590. The van der Waals surface area contributed by atoms with Gasteiger partial charge in [-0.1, -0.05) is 35.7 Å². The highest BCUT2D eigenvalue weighted by atomic mass is 79.9. The van der Waals surface area contributed by atoms with Gasteiger partial charge in [-0.25, -0.2) is 0 Å². The maximum absolute atomic E-state index is 12.2. The van der Waals surface area contributed by atoms with Crippen molar-refractivity contribution in [2.45, 2.75) is 32.7 Å². The summed E-state index contributed by atoms with van der Waals surface area (Å²) in [5, 5.41) is 1.79. The molecule has 0 unspecified atom stereocenters. The number of hydrogen-bond donors (Lipinski definition) is 0. The smallest absolute Gasteiger partial charge is 0.258 e. The van der Waals surface area contributed by atoms with E-state index in [-0.39, 0.29) is 5.56 Å². The van der Waals surface area contributed by atoms with Gasteiger partial charge in [-0.2, -0.15) is 0 Å². The minimum absolute atomic E-state index is 0.117. The van der Waals surface area contributed by atoms with Crippen LogP contribution in [0.1, 0.15) is 26.2 Å². The summed E-state index contributed by atoms with van der Waals surface area (Å²) >= 11 is 3.42. The monoisotopic (exact) mass is 293 g/mol. The molecule has 0 bridgehead atoms. The van der Waals surface area contributed by atoms with Crippen LogP contribution in [0, 0.1) is 0 Å². The molecule has 0 saturated heterocycles. The van der Waals surface area contributed by atoms with Gasteiger partial charge >= 0.3 is 0 Å². The molecule has 0 fully saturated rings. The van der Waals surface area contributed by atoms with Gasteiger partial charge in [0.25, 0.3) is 5.56 Å². The highest BCUT2D eigenvalue weighted by Crippen LogP contribution is 2.16. The molecule has 0 N–H and O–H groups in total. The zero-order valence-corrected chi connectivity index (χ0v) is 11.5. The third-order valence-corrected chi connectivity index (χ3v) is 3.43. The number of aryl methyl sites for hydroxylation is 1. The summed E-state index contributed by atoms with van der Waals surface area (Å²) < 4.78 is 2.82. The Morgan fingerprint density at radius 1 is 1.24 bits per heavy atom. The van der Waals surface area contributed by atoms with Crippen molar-refractivity contribution in [2.75, 3.05) is 0 Å². The predicted octanol–water partition coefficient (Wildman–Crippen LogP) is 3.95.